The van der Waals surface area contributed by atoms with Gasteiger partial charge in [-0.3, -0.25) is 20.4 Å². The third-order valence-electron chi connectivity index (χ3n) is 4.65. The number of carbonyl (C=O) groups excluding carboxylic acids is 2. The molecule has 158 valence electrons. The maximum atomic E-state index is 13.7. The van der Waals surface area contributed by atoms with Crippen LogP contribution in [0.25, 0.3) is 11.0 Å². The van der Waals surface area contributed by atoms with Crippen molar-refractivity contribution >= 4 is 28.5 Å². The van der Waals surface area contributed by atoms with E-state index in [2.05, 4.69) is 21.2 Å². The van der Waals surface area contributed by atoms with E-state index in [1.165, 1.54) is 10.9 Å². The molecule has 2 amide bonds. The first-order valence-electron chi connectivity index (χ1n) is 9.47. The predicted octanol–water partition coefficient (Wildman–Crippen LogP) is 3.08. The van der Waals surface area contributed by atoms with Gasteiger partial charge in [-0.1, -0.05) is 31.5 Å². The molecule has 2 aromatic carbocycles. The first-order chi connectivity index (χ1) is 14.3. The fourth-order valence-electron chi connectivity index (χ4n) is 3.10. The van der Waals surface area contributed by atoms with E-state index < -0.39 is 29.5 Å². The SMILES string of the molecule is Cc1ccc(NCC(=O)NNC(=O)C(C(C)C)n2cnc3cc(F)c(F)cc32)cc1. The van der Waals surface area contributed by atoms with Crippen molar-refractivity contribution in [3.05, 3.63) is 59.9 Å². The van der Waals surface area contributed by atoms with Crippen LogP contribution in [0.3, 0.4) is 0 Å². The summed E-state index contributed by atoms with van der Waals surface area (Å²) in [6.45, 7) is 5.53. The topological polar surface area (TPSA) is 88.0 Å². The molecule has 3 aromatic rings. The summed E-state index contributed by atoms with van der Waals surface area (Å²) in [5, 5.41) is 2.95. The molecular formula is C21H23F2N5O2. The Kier molecular flexibility index (Phi) is 6.29. The number of hydrogen-bond acceptors (Lipinski definition) is 4. The van der Waals surface area contributed by atoms with Crippen molar-refractivity contribution in [1.82, 2.24) is 20.4 Å². The molecule has 0 bridgehead atoms. The van der Waals surface area contributed by atoms with Crippen molar-refractivity contribution in [3.8, 4) is 0 Å². The molecule has 1 atom stereocenters. The van der Waals surface area contributed by atoms with E-state index in [1.807, 2.05) is 31.2 Å². The lowest BCUT2D eigenvalue weighted by Crippen LogP contribution is -2.47. The van der Waals surface area contributed by atoms with Gasteiger partial charge in [0.2, 0.25) is 0 Å². The molecule has 9 heteroatoms. The summed E-state index contributed by atoms with van der Waals surface area (Å²) in [4.78, 5) is 28.8. The number of hydrazine groups is 1. The molecule has 1 heterocycles. The number of nitrogens with one attached hydrogen (secondary N) is 3. The lowest BCUT2D eigenvalue weighted by Gasteiger charge is -2.22. The Morgan fingerprint density at radius 2 is 1.73 bits per heavy atom. The zero-order valence-electron chi connectivity index (χ0n) is 16.9. The number of nitrogens with zero attached hydrogens (tertiary/aromatic N) is 2. The number of fused-ring (bicyclic) bond motifs is 1. The number of aryl methyl sites for hydroxylation is 1. The highest BCUT2D eigenvalue weighted by Crippen LogP contribution is 2.25. The number of rotatable bonds is 6. The lowest BCUT2D eigenvalue weighted by molar-refractivity contribution is -0.130. The molecule has 0 aliphatic rings. The number of imidazole rings is 1. The van der Waals surface area contributed by atoms with Crippen molar-refractivity contribution in [2.24, 2.45) is 5.92 Å². The number of benzene rings is 2. The van der Waals surface area contributed by atoms with E-state index in [-0.39, 0.29) is 23.5 Å². The Labute approximate surface area is 172 Å². The van der Waals surface area contributed by atoms with Gasteiger partial charge in [0.05, 0.1) is 23.9 Å². The molecule has 0 saturated carbocycles. The molecule has 1 aromatic heterocycles. The molecular weight excluding hydrogens is 392 g/mol. The minimum absolute atomic E-state index is 0.0336. The van der Waals surface area contributed by atoms with Gasteiger partial charge in [-0.2, -0.15) is 0 Å². The van der Waals surface area contributed by atoms with Crippen LogP contribution in [0.5, 0.6) is 0 Å². The average molecular weight is 415 g/mol. The van der Waals surface area contributed by atoms with Gasteiger partial charge in [-0.05, 0) is 25.0 Å². The molecule has 0 fully saturated rings. The lowest BCUT2D eigenvalue weighted by atomic mass is 10.0. The average Bonchev–Trinajstić information content (AvgIpc) is 3.08. The molecule has 3 N–H and O–H groups in total. The van der Waals surface area contributed by atoms with Crippen LogP contribution < -0.4 is 16.2 Å². The second-order valence-electron chi connectivity index (χ2n) is 7.35. The number of aromatic nitrogens is 2. The van der Waals surface area contributed by atoms with Crippen LogP contribution in [0, 0.1) is 24.5 Å². The molecule has 30 heavy (non-hydrogen) atoms. The van der Waals surface area contributed by atoms with Gasteiger partial charge >= 0.3 is 0 Å². The normalized spacial score (nSPS) is 12.1. The number of anilines is 1. The van der Waals surface area contributed by atoms with Crippen LogP contribution in [0.15, 0.2) is 42.7 Å². The fourth-order valence-corrected chi connectivity index (χ4v) is 3.10. The van der Waals surface area contributed by atoms with Gasteiger partial charge in [0.1, 0.15) is 6.04 Å². The van der Waals surface area contributed by atoms with Crippen LogP contribution in [-0.4, -0.2) is 27.9 Å². The molecule has 0 radical (unpaired) electrons. The van der Waals surface area contributed by atoms with Gasteiger partial charge in [0.25, 0.3) is 11.8 Å². The van der Waals surface area contributed by atoms with Gasteiger partial charge in [0.15, 0.2) is 11.6 Å². The minimum Gasteiger partial charge on any atom is -0.376 e. The van der Waals surface area contributed by atoms with Crippen molar-refractivity contribution in [3.63, 3.8) is 0 Å². The smallest absolute Gasteiger partial charge is 0.261 e. The second kappa shape index (κ2) is 8.89. The Hall–Kier alpha value is -3.49. The van der Waals surface area contributed by atoms with Crippen LogP contribution >= 0.6 is 0 Å². The van der Waals surface area contributed by atoms with Crippen LogP contribution in [0.1, 0.15) is 25.5 Å². The highest BCUT2D eigenvalue weighted by molar-refractivity contribution is 5.87. The van der Waals surface area contributed by atoms with E-state index in [9.17, 15) is 18.4 Å². The first-order valence-corrected chi connectivity index (χ1v) is 9.47. The molecule has 1 unspecified atom stereocenters. The largest absolute Gasteiger partial charge is 0.376 e. The van der Waals surface area contributed by atoms with Crippen LogP contribution in [0.4, 0.5) is 14.5 Å². The third-order valence-corrected chi connectivity index (χ3v) is 4.65. The quantitative estimate of drug-likeness (QED) is 0.540. The highest BCUT2D eigenvalue weighted by Gasteiger charge is 2.26. The third kappa shape index (κ3) is 4.73. The maximum absolute atomic E-state index is 13.7. The van der Waals surface area contributed by atoms with E-state index in [0.717, 1.165) is 23.4 Å². The Balaban J connectivity index is 1.65. The summed E-state index contributed by atoms with van der Waals surface area (Å²) >= 11 is 0. The van der Waals surface area contributed by atoms with Gasteiger partial charge in [0, 0.05) is 17.8 Å². The fraction of sp³-hybridized carbons (Fsp3) is 0.286. The summed E-state index contributed by atoms with van der Waals surface area (Å²) < 4.78 is 28.6. The summed E-state index contributed by atoms with van der Waals surface area (Å²) in [5.41, 5.74) is 7.16. The minimum atomic E-state index is -1.03. The zero-order valence-corrected chi connectivity index (χ0v) is 16.9. The summed E-state index contributed by atoms with van der Waals surface area (Å²) in [7, 11) is 0. The number of amides is 2. The molecule has 0 aliphatic heterocycles. The first kappa shape index (κ1) is 21.2. The van der Waals surface area contributed by atoms with Gasteiger partial charge in [-0.15, -0.1) is 0 Å². The highest BCUT2D eigenvalue weighted by atomic mass is 19.2. The monoisotopic (exact) mass is 415 g/mol. The van der Waals surface area contributed by atoms with Gasteiger partial charge < -0.3 is 9.88 Å². The molecule has 7 nitrogen and oxygen atoms in total. The van der Waals surface area contributed by atoms with Crippen molar-refractivity contribution < 1.29 is 18.4 Å². The second-order valence-corrected chi connectivity index (χ2v) is 7.35. The Bertz CT molecular complexity index is 1060. The van der Waals surface area contributed by atoms with Crippen LogP contribution in [-0.2, 0) is 9.59 Å². The van der Waals surface area contributed by atoms with Crippen LogP contribution in [0.2, 0.25) is 0 Å². The number of hydrogen-bond donors (Lipinski definition) is 3. The molecule has 0 saturated heterocycles. The predicted molar refractivity (Wildman–Crippen MR) is 109 cm³/mol. The standard InChI is InChI=1S/C21H23F2N5O2/c1-12(2)20(28-11-25-17-8-15(22)16(23)9-18(17)28)21(30)27-26-19(29)10-24-14-6-4-13(3)5-7-14/h4-9,11-12,20,24H,10H2,1-3H3,(H,26,29)(H,27,30). The zero-order chi connectivity index (χ0) is 21.8. The van der Waals surface area contributed by atoms with Crippen molar-refractivity contribution in [2.45, 2.75) is 26.8 Å². The molecule has 0 aliphatic carbocycles. The summed E-state index contributed by atoms with van der Waals surface area (Å²) in [5.74, 6) is -3.18. The summed E-state index contributed by atoms with van der Waals surface area (Å²) in [6.07, 6.45) is 1.36. The summed E-state index contributed by atoms with van der Waals surface area (Å²) in [6, 6.07) is 8.73. The number of carbonyl (C=O) groups is 2. The molecule has 0 spiro atoms. The Morgan fingerprint density at radius 3 is 2.40 bits per heavy atom. The Morgan fingerprint density at radius 1 is 1.07 bits per heavy atom. The maximum Gasteiger partial charge on any atom is 0.261 e. The van der Waals surface area contributed by atoms with E-state index in [4.69, 9.17) is 0 Å². The van der Waals surface area contributed by atoms with Crippen molar-refractivity contribution in [1.29, 1.82) is 0 Å². The van der Waals surface area contributed by atoms with Crippen molar-refractivity contribution in [2.75, 3.05) is 11.9 Å². The molecule has 3 rings (SSSR count). The number of halogens is 2. The van der Waals surface area contributed by atoms with E-state index >= 15 is 0 Å². The van der Waals surface area contributed by atoms with E-state index in [0.29, 0.717) is 0 Å². The van der Waals surface area contributed by atoms with E-state index in [1.54, 1.807) is 13.8 Å². The van der Waals surface area contributed by atoms with Gasteiger partial charge in [-0.25, -0.2) is 13.8 Å².